The van der Waals surface area contributed by atoms with E-state index >= 15 is 0 Å². The number of aromatic nitrogens is 3. The van der Waals surface area contributed by atoms with Crippen molar-refractivity contribution < 1.29 is 4.74 Å². The summed E-state index contributed by atoms with van der Waals surface area (Å²) in [5.41, 5.74) is 0.889. The lowest BCUT2D eigenvalue weighted by Gasteiger charge is -2.14. The molecule has 0 aliphatic rings. The lowest BCUT2D eigenvalue weighted by molar-refractivity contribution is 0.317. The van der Waals surface area contributed by atoms with Crippen LogP contribution in [0.15, 0.2) is 24.3 Å². The molecule has 0 saturated heterocycles. The van der Waals surface area contributed by atoms with Gasteiger partial charge in [0.05, 0.1) is 6.61 Å². The highest BCUT2D eigenvalue weighted by Crippen LogP contribution is 2.39. The third-order valence-corrected chi connectivity index (χ3v) is 3.95. The van der Waals surface area contributed by atoms with Crippen LogP contribution in [0.4, 0.5) is 0 Å². The lowest BCUT2D eigenvalue weighted by Crippen LogP contribution is -2.16. The molecule has 0 aliphatic carbocycles. The number of halogens is 6. The number of rotatable bonds is 5. The number of nitrogens with zero attached hydrogens (tertiary/aromatic N) is 3. The molecule has 2 rings (SSSR count). The predicted octanol–water partition coefficient (Wildman–Crippen LogP) is 6.48. The molecule has 4 nitrogen and oxygen atoms in total. The second kappa shape index (κ2) is 9.13. The van der Waals surface area contributed by atoms with Crippen molar-refractivity contribution in [1.29, 1.82) is 0 Å². The number of hydrogen-bond donors (Lipinski definition) is 0. The minimum Gasteiger partial charge on any atom is -0.494 e. The predicted molar refractivity (Wildman–Crippen MR) is 109 cm³/mol. The molecule has 0 bridgehead atoms. The van der Waals surface area contributed by atoms with Gasteiger partial charge >= 0.3 is 0 Å². The summed E-state index contributed by atoms with van der Waals surface area (Å²) in [5.74, 6) is 0.707. The minimum absolute atomic E-state index is 0.137. The smallest absolute Gasteiger partial charge is 0.250 e. The standard InChI is InChI=1S/C16H13Cl6N3O/c1-2-9-26-11-6-3-10(4-7-11)5-8-12-23-13(15(17,18)19)25-14(24-12)16(20,21)22/h3-8H,2,9H2,1H3/b8-5+. The van der Waals surface area contributed by atoms with Crippen molar-refractivity contribution in [2.45, 2.75) is 20.9 Å². The van der Waals surface area contributed by atoms with Gasteiger partial charge in [-0.25, -0.2) is 15.0 Å². The Kier molecular flexibility index (Phi) is 7.66. The molecule has 0 atom stereocenters. The Morgan fingerprint density at radius 1 is 0.846 bits per heavy atom. The van der Waals surface area contributed by atoms with E-state index in [-0.39, 0.29) is 17.5 Å². The van der Waals surface area contributed by atoms with Gasteiger partial charge in [0, 0.05) is 0 Å². The van der Waals surface area contributed by atoms with Gasteiger partial charge < -0.3 is 4.74 Å². The molecule has 1 aromatic carbocycles. The van der Waals surface area contributed by atoms with Crippen LogP contribution in [0, 0.1) is 0 Å². The summed E-state index contributed by atoms with van der Waals surface area (Å²) >= 11 is 35.0. The highest BCUT2D eigenvalue weighted by molar-refractivity contribution is 6.67. The second-order valence-electron chi connectivity index (χ2n) is 5.09. The Labute approximate surface area is 181 Å². The first-order chi connectivity index (χ1) is 12.1. The fourth-order valence-corrected chi connectivity index (χ4v) is 2.29. The fourth-order valence-electron chi connectivity index (χ4n) is 1.79. The van der Waals surface area contributed by atoms with Crippen molar-refractivity contribution in [1.82, 2.24) is 15.0 Å². The number of ether oxygens (including phenoxy) is 1. The van der Waals surface area contributed by atoms with Crippen molar-refractivity contribution in [2.24, 2.45) is 0 Å². The Morgan fingerprint density at radius 3 is 1.85 bits per heavy atom. The first kappa shape index (κ1) is 21.8. The van der Waals surface area contributed by atoms with Crippen molar-refractivity contribution >= 4 is 81.8 Å². The quantitative estimate of drug-likeness (QED) is 0.464. The summed E-state index contributed by atoms with van der Waals surface area (Å²) in [6, 6.07) is 7.49. The van der Waals surface area contributed by atoms with E-state index in [1.54, 1.807) is 12.2 Å². The molecular formula is C16H13Cl6N3O. The van der Waals surface area contributed by atoms with Crippen LogP contribution in [0.25, 0.3) is 12.2 Å². The molecule has 1 aromatic heterocycles. The maximum Gasteiger partial charge on any atom is 0.250 e. The molecule has 0 fully saturated rings. The molecule has 0 aliphatic heterocycles. The minimum atomic E-state index is -1.88. The third kappa shape index (κ3) is 6.59. The highest BCUT2D eigenvalue weighted by atomic mass is 35.6. The van der Waals surface area contributed by atoms with Gasteiger partial charge in [-0.3, -0.25) is 0 Å². The van der Waals surface area contributed by atoms with Crippen LogP contribution in [0.5, 0.6) is 5.75 Å². The van der Waals surface area contributed by atoms with Crippen molar-refractivity contribution in [2.75, 3.05) is 6.61 Å². The molecule has 26 heavy (non-hydrogen) atoms. The highest BCUT2D eigenvalue weighted by Gasteiger charge is 2.33. The molecular weight excluding hydrogens is 463 g/mol. The summed E-state index contributed by atoms with van der Waals surface area (Å²) in [7, 11) is 0. The maximum atomic E-state index is 5.84. The molecule has 140 valence electrons. The molecule has 10 heteroatoms. The van der Waals surface area contributed by atoms with E-state index in [1.807, 2.05) is 31.2 Å². The number of benzene rings is 1. The van der Waals surface area contributed by atoms with Crippen molar-refractivity contribution in [3.63, 3.8) is 0 Å². The lowest BCUT2D eigenvalue weighted by atomic mass is 10.2. The third-order valence-electron chi connectivity index (χ3n) is 2.94. The zero-order chi connectivity index (χ0) is 19.4. The molecule has 1 heterocycles. The summed E-state index contributed by atoms with van der Waals surface area (Å²) in [6.07, 6.45) is 4.31. The van der Waals surface area contributed by atoms with E-state index in [4.69, 9.17) is 74.3 Å². The first-order valence-corrected chi connectivity index (χ1v) is 9.68. The molecule has 0 saturated carbocycles. The van der Waals surface area contributed by atoms with Crippen LogP contribution in [0.3, 0.4) is 0 Å². The van der Waals surface area contributed by atoms with Gasteiger partial charge in [0.25, 0.3) is 0 Å². The van der Waals surface area contributed by atoms with Gasteiger partial charge in [-0.15, -0.1) is 0 Å². The Balaban J connectivity index is 2.28. The van der Waals surface area contributed by atoms with Gasteiger partial charge in [-0.1, -0.05) is 94.7 Å². The Hall–Kier alpha value is -0.490. The van der Waals surface area contributed by atoms with Crippen LogP contribution in [-0.4, -0.2) is 21.6 Å². The fraction of sp³-hybridized carbons (Fsp3) is 0.312. The van der Waals surface area contributed by atoms with Crippen molar-refractivity contribution in [3.8, 4) is 5.75 Å². The maximum absolute atomic E-state index is 5.84. The van der Waals surface area contributed by atoms with Crippen LogP contribution in [-0.2, 0) is 7.59 Å². The summed E-state index contributed by atoms with van der Waals surface area (Å²) in [4.78, 5) is 12.1. The molecule has 2 aromatic rings. The zero-order valence-corrected chi connectivity index (χ0v) is 17.9. The van der Waals surface area contributed by atoms with E-state index in [9.17, 15) is 0 Å². The van der Waals surface area contributed by atoms with Gasteiger partial charge in [0.15, 0.2) is 17.5 Å². The summed E-state index contributed by atoms with van der Waals surface area (Å²) < 4.78 is 1.77. The monoisotopic (exact) mass is 473 g/mol. The van der Waals surface area contributed by atoms with Crippen LogP contribution in [0.2, 0.25) is 0 Å². The zero-order valence-electron chi connectivity index (χ0n) is 13.4. The van der Waals surface area contributed by atoms with Gasteiger partial charge in [-0.05, 0) is 30.2 Å². The van der Waals surface area contributed by atoms with E-state index < -0.39 is 7.59 Å². The molecule has 0 unspecified atom stereocenters. The number of hydrogen-bond acceptors (Lipinski definition) is 4. The van der Waals surface area contributed by atoms with Crippen molar-refractivity contribution in [3.05, 3.63) is 47.3 Å². The summed E-state index contributed by atoms with van der Waals surface area (Å²) in [6.45, 7) is 2.71. The van der Waals surface area contributed by atoms with Gasteiger partial charge in [0.2, 0.25) is 7.59 Å². The SMILES string of the molecule is CCCOc1ccc(/C=C/c2nc(C(Cl)(Cl)Cl)nc(C(Cl)(Cl)Cl)n2)cc1. The van der Waals surface area contributed by atoms with Crippen LogP contribution in [0.1, 0.15) is 36.4 Å². The van der Waals surface area contributed by atoms with E-state index in [0.717, 1.165) is 17.7 Å². The van der Waals surface area contributed by atoms with Gasteiger partial charge in [0.1, 0.15) is 5.75 Å². The Morgan fingerprint density at radius 2 is 1.38 bits per heavy atom. The van der Waals surface area contributed by atoms with Crippen LogP contribution >= 0.6 is 69.6 Å². The van der Waals surface area contributed by atoms with Crippen LogP contribution < -0.4 is 4.74 Å². The second-order valence-corrected chi connectivity index (χ2v) is 9.65. The Bertz CT molecular complexity index is 737. The molecule has 0 N–H and O–H groups in total. The normalized spacial score (nSPS) is 12.6. The average molecular weight is 476 g/mol. The van der Waals surface area contributed by atoms with Gasteiger partial charge in [-0.2, -0.15) is 0 Å². The topological polar surface area (TPSA) is 47.9 Å². The number of alkyl halides is 6. The first-order valence-electron chi connectivity index (χ1n) is 7.41. The van der Waals surface area contributed by atoms with E-state index in [0.29, 0.717) is 6.61 Å². The molecule has 0 amide bonds. The summed E-state index contributed by atoms with van der Waals surface area (Å²) in [5, 5.41) is 0. The van der Waals surface area contributed by atoms with E-state index in [1.165, 1.54) is 0 Å². The van der Waals surface area contributed by atoms with E-state index in [2.05, 4.69) is 15.0 Å². The largest absolute Gasteiger partial charge is 0.494 e. The molecule has 0 radical (unpaired) electrons. The average Bonchev–Trinajstić information content (AvgIpc) is 2.57. The molecule has 0 spiro atoms.